The Morgan fingerprint density at radius 3 is 2.39 bits per heavy atom. The highest BCUT2D eigenvalue weighted by Crippen LogP contribution is 2.37. The zero-order valence-corrected chi connectivity index (χ0v) is 19.9. The van der Waals surface area contributed by atoms with Gasteiger partial charge in [0.1, 0.15) is 5.75 Å². The van der Waals surface area contributed by atoms with Crippen molar-refractivity contribution in [1.82, 2.24) is 4.90 Å². The summed E-state index contributed by atoms with van der Waals surface area (Å²) in [5, 5.41) is 0. The highest BCUT2D eigenvalue weighted by atomic mass is 16.5. The van der Waals surface area contributed by atoms with Crippen LogP contribution in [0.2, 0.25) is 0 Å². The minimum atomic E-state index is 0.300. The van der Waals surface area contributed by atoms with Gasteiger partial charge in [-0.2, -0.15) is 0 Å². The fourth-order valence-corrected chi connectivity index (χ4v) is 5.15. The van der Waals surface area contributed by atoms with E-state index in [0.29, 0.717) is 24.2 Å². The lowest BCUT2D eigenvalue weighted by molar-refractivity contribution is -0.133. The van der Waals surface area contributed by atoms with Gasteiger partial charge in [-0.25, -0.2) is 0 Å². The molecule has 3 aromatic rings. The van der Waals surface area contributed by atoms with Gasteiger partial charge < -0.3 is 9.64 Å². The summed E-state index contributed by atoms with van der Waals surface area (Å²) in [5.74, 6) is 2.18. The number of ether oxygens (including phenoxy) is 1. The van der Waals surface area contributed by atoms with Crippen molar-refractivity contribution in [2.24, 2.45) is 5.92 Å². The number of hydrogen-bond donors (Lipinski definition) is 0. The fourth-order valence-electron chi connectivity index (χ4n) is 5.15. The molecule has 3 heteroatoms. The molecule has 1 heterocycles. The molecule has 0 bridgehead atoms. The Kier molecular flexibility index (Phi) is 7.83. The summed E-state index contributed by atoms with van der Waals surface area (Å²) in [6.45, 7) is 3.78. The van der Waals surface area contributed by atoms with Gasteiger partial charge in [-0.1, -0.05) is 73.7 Å². The predicted octanol–water partition coefficient (Wildman–Crippen LogP) is 6.73. The molecular weight excluding hydrogens is 406 g/mol. The van der Waals surface area contributed by atoms with Crippen LogP contribution in [0.25, 0.3) is 11.1 Å². The lowest BCUT2D eigenvalue weighted by Crippen LogP contribution is -2.42. The van der Waals surface area contributed by atoms with Gasteiger partial charge in [-0.3, -0.25) is 4.79 Å². The molecule has 2 atom stereocenters. The molecule has 172 valence electrons. The highest BCUT2D eigenvalue weighted by molar-refractivity contribution is 5.76. The summed E-state index contributed by atoms with van der Waals surface area (Å²) in [6.07, 6.45) is 4.67. The Bertz CT molecular complexity index is 1030. The van der Waals surface area contributed by atoms with E-state index in [0.717, 1.165) is 44.5 Å². The van der Waals surface area contributed by atoms with Crippen LogP contribution in [0.4, 0.5) is 0 Å². The maximum absolute atomic E-state index is 12.6. The molecule has 0 saturated carbocycles. The van der Waals surface area contributed by atoms with E-state index in [4.69, 9.17) is 4.74 Å². The van der Waals surface area contributed by atoms with Crippen molar-refractivity contribution in [1.29, 1.82) is 0 Å². The smallest absolute Gasteiger partial charge is 0.222 e. The van der Waals surface area contributed by atoms with Gasteiger partial charge >= 0.3 is 0 Å². The van der Waals surface area contributed by atoms with Gasteiger partial charge in [0, 0.05) is 25.4 Å². The zero-order valence-electron chi connectivity index (χ0n) is 19.9. The summed E-state index contributed by atoms with van der Waals surface area (Å²) in [5.41, 5.74) is 5.06. The minimum Gasteiger partial charge on any atom is -0.496 e. The molecule has 1 fully saturated rings. The third-order valence-corrected chi connectivity index (χ3v) is 6.97. The molecule has 0 radical (unpaired) electrons. The zero-order chi connectivity index (χ0) is 23.0. The van der Waals surface area contributed by atoms with E-state index in [1.165, 1.54) is 22.3 Å². The molecular formula is C30H35NO2. The summed E-state index contributed by atoms with van der Waals surface area (Å²) in [4.78, 5) is 14.7. The van der Waals surface area contributed by atoms with Gasteiger partial charge in [0.05, 0.1) is 7.11 Å². The largest absolute Gasteiger partial charge is 0.496 e. The number of likely N-dealkylation sites (tertiary alicyclic amines) is 1. The first kappa shape index (κ1) is 23.1. The number of rotatable bonds is 8. The van der Waals surface area contributed by atoms with Gasteiger partial charge in [-0.15, -0.1) is 0 Å². The maximum atomic E-state index is 12.6. The second-order valence-electron chi connectivity index (χ2n) is 9.09. The SMILES string of the molecule is CCCC(=O)N1CCC(CCc2cc(-c3ccccc3)ccc2OC)C(c2ccccc2)C1. The van der Waals surface area contributed by atoms with Crippen molar-refractivity contribution >= 4 is 5.91 Å². The lowest BCUT2D eigenvalue weighted by atomic mass is 9.77. The van der Waals surface area contributed by atoms with E-state index >= 15 is 0 Å². The van der Waals surface area contributed by atoms with E-state index in [1.807, 2.05) is 0 Å². The number of amides is 1. The van der Waals surface area contributed by atoms with Gasteiger partial charge in [0.2, 0.25) is 5.91 Å². The van der Waals surface area contributed by atoms with Crippen LogP contribution in [0.5, 0.6) is 5.75 Å². The Balaban J connectivity index is 1.53. The molecule has 1 aliphatic rings. The third-order valence-electron chi connectivity index (χ3n) is 6.97. The van der Waals surface area contributed by atoms with Crippen LogP contribution in [-0.2, 0) is 11.2 Å². The Hall–Kier alpha value is -3.07. The van der Waals surface area contributed by atoms with Gasteiger partial charge in [0.15, 0.2) is 0 Å². The Labute approximate surface area is 198 Å². The van der Waals surface area contributed by atoms with E-state index < -0.39 is 0 Å². The average Bonchev–Trinajstić information content (AvgIpc) is 2.88. The van der Waals surface area contributed by atoms with E-state index in [1.54, 1.807) is 7.11 Å². The van der Waals surface area contributed by atoms with Crippen LogP contribution in [0.15, 0.2) is 78.9 Å². The molecule has 1 aliphatic heterocycles. The molecule has 3 nitrogen and oxygen atoms in total. The number of hydrogen-bond acceptors (Lipinski definition) is 2. The number of nitrogens with zero attached hydrogens (tertiary/aromatic N) is 1. The fraction of sp³-hybridized carbons (Fsp3) is 0.367. The van der Waals surface area contributed by atoms with Gasteiger partial charge in [-0.05, 0) is 66.0 Å². The molecule has 0 aliphatic carbocycles. The molecule has 1 saturated heterocycles. The molecule has 0 N–H and O–H groups in total. The van der Waals surface area contributed by atoms with Crippen LogP contribution in [-0.4, -0.2) is 31.0 Å². The quantitative estimate of drug-likeness (QED) is 0.388. The molecule has 0 aromatic heterocycles. The van der Waals surface area contributed by atoms with Crippen molar-refractivity contribution in [3.8, 4) is 16.9 Å². The van der Waals surface area contributed by atoms with Gasteiger partial charge in [0.25, 0.3) is 0 Å². The van der Waals surface area contributed by atoms with Crippen molar-refractivity contribution in [2.45, 2.75) is 44.9 Å². The van der Waals surface area contributed by atoms with Crippen LogP contribution in [0.3, 0.4) is 0 Å². The predicted molar refractivity (Wildman–Crippen MR) is 136 cm³/mol. The average molecular weight is 442 g/mol. The lowest BCUT2D eigenvalue weighted by Gasteiger charge is -2.39. The van der Waals surface area contributed by atoms with Crippen molar-refractivity contribution < 1.29 is 9.53 Å². The molecule has 33 heavy (non-hydrogen) atoms. The molecule has 4 rings (SSSR count). The summed E-state index contributed by atoms with van der Waals surface area (Å²) in [6, 6.07) is 27.8. The number of carbonyl (C=O) groups is 1. The van der Waals surface area contributed by atoms with E-state index in [2.05, 4.69) is 90.7 Å². The number of piperidine rings is 1. The molecule has 3 aromatic carbocycles. The standard InChI is InChI=1S/C30H35NO2/c1-3-10-30(32)31-20-19-25(28(22-31)24-13-8-5-9-14-24)15-16-27-21-26(17-18-29(27)33-2)23-11-6-4-7-12-23/h4-9,11-14,17-18,21,25,28H,3,10,15-16,19-20,22H2,1-2H3. The molecule has 0 spiro atoms. The second kappa shape index (κ2) is 11.2. The van der Waals surface area contributed by atoms with Crippen molar-refractivity contribution in [3.05, 3.63) is 90.0 Å². The van der Waals surface area contributed by atoms with Crippen LogP contribution < -0.4 is 4.74 Å². The van der Waals surface area contributed by atoms with Crippen LogP contribution >= 0.6 is 0 Å². The topological polar surface area (TPSA) is 29.5 Å². The summed E-state index contributed by atoms with van der Waals surface area (Å²) in [7, 11) is 1.76. The van der Waals surface area contributed by atoms with Crippen molar-refractivity contribution in [2.75, 3.05) is 20.2 Å². The Morgan fingerprint density at radius 1 is 0.970 bits per heavy atom. The summed E-state index contributed by atoms with van der Waals surface area (Å²) < 4.78 is 5.71. The first-order chi connectivity index (χ1) is 16.2. The molecule has 1 amide bonds. The number of carbonyl (C=O) groups excluding carboxylic acids is 1. The summed E-state index contributed by atoms with van der Waals surface area (Å²) >= 11 is 0. The second-order valence-corrected chi connectivity index (χ2v) is 9.09. The number of aryl methyl sites for hydroxylation is 1. The maximum Gasteiger partial charge on any atom is 0.222 e. The van der Waals surface area contributed by atoms with E-state index in [9.17, 15) is 4.79 Å². The van der Waals surface area contributed by atoms with Crippen molar-refractivity contribution in [3.63, 3.8) is 0 Å². The number of methoxy groups -OCH3 is 1. The van der Waals surface area contributed by atoms with Crippen LogP contribution in [0, 0.1) is 5.92 Å². The molecule has 2 unspecified atom stereocenters. The normalized spacial score (nSPS) is 18.2. The highest BCUT2D eigenvalue weighted by Gasteiger charge is 2.32. The Morgan fingerprint density at radius 2 is 1.70 bits per heavy atom. The number of benzene rings is 3. The van der Waals surface area contributed by atoms with E-state index in [-0.39, 0.29) is 0 Å². The van der Waals surface area contributed by atoms with Crippen LogP contribution in [0.1, 0.15) is 49.7 Å². The monoisotopic (exact) mass is 441 g/mol. The first-order valence-corrected chi connectivity index (χ1v) is 12.2. The minimum absolute atomic E-state index is 0.300. The first-order valence-electron chi connectivity index (χ1n) is 12.2. The third kappa shape index (κ3) is 5.65.